The molecule has 1 N–H and O–H groups in total. The van der Waals surface area contributed by atoms with E-state index in [1.54, 1.807) is 6.08 Å². The molecule has 4 rings (SSSR count). The topological polar surface area (TPSA) is 42.2 Å². The van der Waals surface area contributed by atoms with E-state index < -0.39 is 0 Å². The first-order chi connectivity index (χ1) is 14.3. The molecule has 1 atom stereocenters. The van der Waals surface area contributed by atoms with Crippen molar-refractivity contribution in [2.45, 2.75) is 32.6 Å². The highest BCUT2D eigenvalue weighted by atomic mass is 16.3. The van der Waals surface area contributed by atoms with Gasteiger partial charge in [-0.25, -0.2) is 0 Å². The molecule has 0 aliphatic heterocycles. The lowest BCUT2D eigenvalue weighted by Gasteiger charge is -2.33. The molecule has 1 unspecified atom stereocenters. The van der Waals surface area contributed by atoms with Gasteiger partial charge in [0.2, 0.25) is 5.78 Å². The van der Waals surface area contributed by atoms with E-state index in [9.17, 15) is 9.90 Å². The zero-order valence-corrected chi connectivity index (χ0v) is 18.0. The maximum Gasteiger partial charge on any atom is 0.201 e. The second-order valence-electron chi connectivity index (χ2n) is 8.31. The normalized spacial score (nSPS) is 17.3. The summed E-state index contributed by atoms with van der Waals surface area (Å²) in [7, 11) is 1.94. The molecular formula is C27H27NO2. The number of fused-ring (bicyclic) bond motifs is 1. The first-order valence-corrected chi connectivity index (χ1v) is 10.3. The molecule has 0 radical (unpaired) electrons. The van der Waals surface area contributed by atoms with E-state index in [2.05, 4.69) is 39.5 Å². The number of nitrogens with zero attached hydrogens (tertiary/aromatic N) is 1. The quantitative estimate of drug-likeness (QED) is 0.522. The van der Waals surface area contributed by atoms with E-state index in [-0.39, 0.29) is 17.0 Å². The summed E-state index contributed by atoms with van der Waals surface area (Å²) < 4.78 is 1.98. The first kappa shape index (κ1) is 20.0. The zero-order valence-electron chi connectivity index (χ0n) is 18.0. The van der Waals surface area contributed by atoms with E-state index in [0.717, 1.165) is 28.5 Å². The first-order valence-electron chi connectivity index (χ1n) is 10.3. The number of ketones is 1. The Bertz CT molecular complexity index is 1250. The molecular weight excluding hydrogens is 370 g/mol. The van der Waals surface area contributed by atoms with Crippen LogP contribution in [0.4, 0.5) is 0 Å². The van der Waals surface area contributed by atoms with E-state index in [0.29, 0.717) is 11.1 Å². The van der Waals surface area contributed by atoms with E-state index in [1.165, 1.54) is 11.1 Å². The SMILES string of the molecule is C=C(/C=C1\C(=O)C(c2cn(C)c3ccccc23)=C1O)C(C)(CC)c1ccccc1C. The molecule has 0 saturated carbocycles. The Labute approximate surface area is 177 Å². The number of aryl methyl sites for hydroxylation is 2. The fraction of sp³-hybridized carbons (Fsp3) is 0.222. The van der Waals surface area contributed by atoms with Crippen LogP contribution in [0, 0.1) is 6.92 Å². The van der Waals surface area contributed by atoms with Gasteiger partial charge in [-0.15, -0.1) is 0 Å². The van der Waals surface area contributed by atoms with Crippen molar-refractivity contribution in [2.75, 3.05) is 0 Å². The Kier molecular flexibility index (Phi) is 4.77. The number of hydrogen-bond acceptors (Lipinski definition) is 2. The van der Waals surface area contributed by atoms with Gasteiger partial charge in [0.1, 0.15) is 5.76 Å². The van der Waals surface area contributed by atoms with Gasteiger partial charge in [-0.05, 0) is 42.2 Å². The van der Waals surface area contributed by atoms with Crippen LogP contribution in [0.15, 0.2) is 84.3 Å². The minimum Gasteiger partial charge on any atom is -0.506 e. The Hall–Kier alpha value is -3.33. The van der Waals surface area contributed by atoms with E-state index in [4.69, 9.17) is 0 Å². The van der Waals surface area contributed by atoms with Crippen molar-refractivity contribution in [2.24, 2.45) is 7.05 Å². The van der Waals surface area contributed by atoms with Gasteiger partial charge in [0.05, 0.1) is 11.1 Å². The average Bonchev–Trinajstić information content (AvgIpc) is 3.08. The number of hydrogen-bond donors (Lipinski definition) is 1. The van der Waals surface area contributed by atoms with Gasteiger partial charge in [0.15, 0.2) is 0 Å². The van der Waals surface area contributed by atoms with Gasteiger partial charge in [-0.1, -0.05) is 62.9 Å². The maximum atomic E-state index is 13.0. The summed E-state index contributed by atoms with van der Waals surface area (Å²) in [5, 5.41) is 11.8. The molecule has 30 heavy (non-hydrogen) atoms. The van der Waals surface area contributed by atoms with Crippen LogP contribution in [0.2, 0.25) is 0 Å². The molecule has 1 aliphatic carbocycles. The smallest absolute Gasteiger partial charge is 0.201 e. The number of aliphatic hydroxyl groups excluding tert-OH is 1. The van der Waals surface area contributed by atoms with E-state index in [1.807, 2.05) is 54.2 Å². The third-order valence-corrected chi connectivity index (χ3v) is 6.60. The Morgan fingerprint density at radius 2 is 1.83 bits per heavy atom. The predicted molar refractivity (Wildman–Crippen MR) is 124 cm³/mol. The maximum absolute atomic E-state index is 13.0. The largest absolute Gasteiger partial charge is 0.506 e. The number of rotatable bonds is 5. The van der Waals surface area contributed by atoms with Gasteiger partial charge in [-0.2, -0.15) is 0 Å². The van der Waals surface area contributed by atoms with Gasteiger partial charge in [0.25, 0.3) is 0 Å². The molecule has 0 fully saturated rings. The third kappa shape index (κ3) is 2.85. The molecule has 152 valence electrons. The second kappa shape index (κ2) is 7.17. The lowest BCUT2D eigenvalue weighted by Crippen LogP contribution is -2.26. The van der Waals surface area contributed by atoms with Crippen LogP contribution >= 0.6 is 0 Å². The standard InChI is InChI=1S/C27H27NO2/c1-6-27(4,22-13-9-7-11-17(22)2)18(3)15-20-25(29)24(26(20)30)21-16-28(5)23-14-10-8-12-19(21)23/h7-16,29H,3,6H2,1-2,4-5H3/b20-15-. The number of benzene rings is 2. The number of allylic oxidation sites excluding steroid dienone is 4. The fourth-order valence-electron chi connectivity index (χ4n) is 4.46. The van der Waals surface area contributed by atoms with Crippen LogP contribution in [0.1, 0.15) is 37.0 Å². The van der Waals surface area contributed by atoms with Gasteiger partial charge in [0, 0.05) is 35.1 Å². The second-order valence-corrected chi connectivity index (χ2v) is 8.31. The monoisotopic (exact) mass is 397 g/mol. The molecule has 0 bridgehead atoms. The lowest BCUT2D eigenvalue weighted by molar-refractivity contribution is -0.111. The lowest BCUT2D eigenvalue weighted by atomic mass is 9.71. The highest BCUT2D eigenvalue weighted by Crippen LogP contribution is 2.43. The van der Waals surface area contributed by atoms with Gasteiger partial charge < -0.3 is 9.67 Å². The van der Waals surface area contributed by atoms with Crippen LogP contribution < -0.4 is 0 Å². The molecule has 0 saturated heterocycles. The number of para-hydroxylation sites is 1. The Balaban J connectivity index is 1.75. The van der Waals surface area contributed by atoms with Crippen molar-refractivity contribution < 1.29 is 9.90 Å². The van der Waals surface area contributed by atoms with Crippen LogP contribution in [-0.4, -0.2) is 15.5 Å². The molecule has 3 heteroatoms. The van der Waals surface area contributed by atoms with Gasteiger partial charge >= 0.3 is 0 Å². The van der Waals surface area contributed by atoms with Crippen LogP contribution in [-0.2, 0) is 17.3 Å². The number of aliphatic hydroxyl groups is 1. The number of aromatic nitrogens is 1. The molecule has 2 aromatic carbocycles. The van der Waals surface area contributed by atoms with Crippen molar-refractivity contribution in [3.8, 4) is 0 Å². The fourth-order valence-corrected chi connectivity index (χ4v) is 4.46. The van der Waals surface area contributed by atoms with Crippen LogP contribution in [0.5, 0.6) is 0 Å². The van der Waals surface area contributed by atoms with Gasteiger partial charge in [-0.3, -0.25) is 4.79 Å². The summed E-state index contributed by atoms with van der Waals surface area (Å²) in [5.41, 5.74) is 5.43. The van der Waals surface area contributed by atoms with Crippen LogP contribution in [0.3, 0.4) is 0 Å². The summed E-state index contributed by atoms with van der Waals surface area (Å²) in [6, 6.07) is 16.2. The minimum atomic E-state index is -0.311. The molecule has 3 nitrogen and oxygen atoms in total. The molecule has 0 amide bonds. The van der Waals surface area contributed by atoms with E-state index >= 15 is 0 Å². The molecule has 0 spiro atoms. The minimum absolute atomic E-state index is 0.0562. The Morgan fingerprint density at radius 1 is 1.17 bits per heavy atom. The van der Waals surface area contributed by atoms with Crippen molar-refractivity contribution in [1.29, 1.82) is 0 Å². The summed E-state index contributed by atoms with van der Waals surface area (Å²) in [6.45, 7) is 10.6. The summed E-state index contributed by atoms with van der Waals surface area (Å²) in [5.74, 6) is -0.0750. The molecule has 1 heterocycles. The summed E-state index contributed by atoms with van der Waals surface area (Å²) >= 11 is 0. The zero-order chi connectivity index (χ0) is 21.6. The highest BCUT2D eigenvalue weighted by molar-refractivity contribution is 6.40. The number of Topliss-reactive ketones (excluding diaryl/α,β-unsaturated/α-hetero) is 1. The predicted octanol–water partition coefficient (Wildman–Crippen LogP) is 6.19. The average molecular weight is 398 g/mol. The van der Waals surface area contributed by atoms with Crippen molar-refractivity contribution in [3.05, 3.63) is 101 Å². The summed E-state index contributed by atoms with van der Waals surface area (Å²) in [6.07, 6.45) is 4.51. The summed E-state index contributed by atoms with van der Waals surface area (Å²) in [4.78, 5) is 13.0. The molecule has 1 aliphatic rings. The third-order valence-electron chi connectivity index (χ3n) is 6.60. The van der Waals surface area contributed by atoms with Crippen LogP contribution in [0.25, 0.3) is 16.5 Å². The highest BCUT2D eigenvalue weighted by Gasteiger charge is 2.38. The molecule has 1 aromatic heterocycles. The van der Waals surface area contributed by atoms with Crippen molar-refractivity contribution >= 4 is 22.3 Å². The number of carbonyl (C=O) groups is 1. The Morgan fingerprint density at radius 3 is 2.50 bits per heavy atom. The number of carbonyl (C=O) groups excluding carboxylic acids is 1. The van der Waals surface area contributed by atoms with Crippen molar-refractivity contribution in [1.82, 2.24) is 4.57 Å². The van der Waals surface area contributed by atoms with Crippen molar-refractivity contribution in [3.63, 3.8) is 0 Å². The molecule has 3 aromatic rings.